The van der Waals surface area contributed by atoms with Crippen molar-refractivity contribution in [3.05, 3.63) is 33.7 Å². The predicted octanol–water partition coefficient (Wildman–Crippen LogP) is 3.08. The molecule has 0 aliphatic heterocycles. The van der Waals surface area contributed by atoms with Crippen molar-refractivity contribution in [2.75, 3.05) is 13.7 Å². The summed E-state index contributed by atoms with van der Waals surface area (Å²) in [6, 6.07) is 7.90. The Morgan fingerprint density at radius 3 is 2.65 bits per heavy atom. The standard InChI is InChI=1S/C12H13BrN2OS/c1-16-9-4-2-8(3-5-9)12-15-10(6-7-14)11(13)17-12/h2-5H,6-7,14H2,1H3. The van der Waals surface area contributed by atoms with Gasteiger partial charge in [0.25, 0.3) is 0 Å². The first-order chi connectivity index (χ1) is 8.24. The zero-order valence-electron chi connectivity index (χ0n) is 9.44. The van der Waals surface area contributed by atoms with Crippen LogP contribution in [0.25, 0.3) is 10.6 Å². The number of ether oxygens (including phenoxy) is 1. The number of nitrogens with zero attached hydrogens (tertiary/aromatic N) is 1. The van der Waals surface area contributed by atoms with Gasteiger partial charge in [0.15, 0.2) is 0 Å². The van der Waals surface area contributed by atoms with Crippen LogP contribution in [-0.2, 0) is 6.42 Å². The fraction of sp³-hybridized carbons (Fsp3) is 0.250. The molecule has 17 heavy (non-hydrogen) atoms. The first kappa shape index (κ1) is 12.5. The smallest absolute Gasteiger partial charge is 0.124 e. The van der Waals surface area contributed by atoms with Gasteiger partial charge in [0.05, 0.1) is 16.6 Å². The van der Waals surface area contributed by atoms with Crippen molar-refractivity contribution in [3.63, 3.8) is 0 Å². The number of rotatable bonds is 4. The van der Waals surface area contributed by atoms with Gasteiger partial charge < -0.3 is 10.5 Å². The van der Waals surface area contributed by atoms with Crippen LogP contribution in [0.15, 0.2) is 28.1 Å². The van der Waals surface area contributed by atoms with E-state index in [0.717, 1.165) is 32.2 Å². The van der Waals surface area contributed by atoms with Crippen LogP contribution in [0.5, 0.6) is 5.75 Å². The maximum absolute atomic E-state index is 5.54. The maximum atomic E-state index is 5.54. The average molecular weight is 313 g/mol. The van der Waals surface area contributed by atoms with Crippen LogP contribution in [-0.4, -0.2) is 18.6 Å². The molecule has 0 bridgehead atoms. The lowest BCUT2D eigenvalue weighted by molar-refractivity contribution is 0.415. The molecule has 0 saturated heterocycles. The fourth-order valence-corrected chi connectivity index (χ4v) is 3.07. The molecule has 5 heteroatoms. The van der Waals surface area contributed by atoms with Crippen molar-refractivity contribution >= 4 is 27.3 Å². The van der Waals surface area contributed by atoms with E-state index in [1.165, 1.54) is 0 Å². The van der Waals surface area contributed by atoms with Gasteiger partial charge in [-0.2, -0.15) is 0 Å². The number of benzene rings is 1. The summed E-state index contributed by atoms with van der Waals surface area (Å²) in [5.74, 6) is 0.853. The van der Waals surface area contributed by atoms with Gasteiger partial charge in [-0.3, -0.25) is 0 Å². The van der Waals surface area contributed by atoms with Gasteiger partial charge in [-0.25, -0.2) is 4.98 Å². The molecule has 1 aromatic heterocycles. The number of nitrogens with two attached hydrogens (primary N) is 1. The zero-order chi connectivity index (χ0) is 12.3. The third-order valence-corrected chi connectivity index (χ3v) is 4.25. The van der Waals surface area contributed by atoms with E-state index < -0.39 is 0 Å². The third-order valence-electron chi connectivity index (χ3n) is 2.37. The Balaban J connectivity index is 2.29. The second kappa shape index (κ2) is 5.62. The molecule has 0 aliphatic rings. The van der Waals surface area contributed by atoms with Crippen molar-refractivity contribution in [2.45, 2.75) is 6.42 Å². The van der Waals surface area contributed by atoms with Gasteiger partial charge in [-0.1, -0.05) is 0 Å². The van der Waals surface area contributed by atoms with E-state index in [0.29, 0.717) is 6.54 Å². The topological polar surface area (TPSA) is 48.1 Å². The van der Waals surface area contributed by atoms with E-state index >= 15 is 0 Å². The number of hydrogen-bond acceptors (Lipinski definition) is 4. The van der Waals surface area contributed by atoms with Crippen molar-refractivity contribution in [3.8, 4) is 16.3 Å². The van der Waals surface area contributed by atoms with E-state index in [9.17, 15) is 0 Å². The molecule has 2 aromatic rings. The highest BCUT2D eigenvalue weighted by Crippen LogP contribution is 2.32. The lowest BCUT2D eigenvalue weighted by Crippen LogP contribution is -2.03. The normalized spacial score (nSPS) is 10.5. The lowest BCUT2D eigenvalue weighted by atomic mass is 10.2. The molecular weight excluding hydrogens is 300 g/mol. The van der Waals surface area contributed by atoms with Crippen molar-refractivity contribution in [2.24, 2.45) is 5.73 Å². The van der Waals surface area contributed by atoms with E-state index in [2.05, 4.69) is 20.9 Å². The first-order valence-corrected chi connectivity index (χ1v) is 6.85. The van der Waals surface area contributed by atoms with Gasteiger partial charge in [0.2, 0.25) is 0 Å². The Morgan fingerprint density at radius 2 is 2.06 bits per heavy atom. The summed E-state index contributed by atoms with van der Waals surface area (Å²) < 4.78 is 6.19. The monoisotopic (exact) mass is 312 g/mol. The molecule has 0 atom stereocenters. The summed E-state index contributed by atoms with van der Waals surface area (Å²) in [7, 11) is 1.66. The minimum absolute atomic E-state index is 0.615. The Labute approximate surface area is 113 Å². The Bertz CT molecular complexity index is 496. The largest absolute Gasteiger partial charge is 0.497 e. The SMILES string of the molecule is COc1ccc(-c2nc(CCN)c(Br)s2)cc1. The molecule has 3 nitrogen and oxygen atoms in total. The Hall–Kier alpha value is -0.910. The molecule has 1 heterocycles. The number of thiazole rings is 1. The predicted molar refractivity (Wildman–Crippen MR) is 74.6 cm³/mol. The summed E-state index contributed by atoms with van der Waals surface area (Å²) in [6.07, 6.45) is 0.799. The van der Waals surface area contributed by atoms with Crippen LogP contribution in [0.4, 0.5) is 0 Å². The maximum Gasteiger partial charge on any atom is 0.124 e. The van der Waals surface area contributed by atoms with Gasteiger partial charge in [-0.05, 0) is 46.7 Å². The van der Waals surface area contributed by atoms with Gasteiger partial charge in [0.1, 0.15) is 10.8 Å². The molecule has 0 aliphatic carbocycles. The molecule has 0 spiro atoms. The molecule has 0 radical (unpaired) electrons. The quantitative estimate of drug-likeness (QED) is 0.943. The van der Waals surface area contributed by atoms with Crippen LogP contribution >= 0.6 is 27.3 Å². The van der Waals surface area contributed by atoms with E-state index in [4.69, 9.17) is 10.5 Å². The lowest BCUT2D eigenvalue weighted by Gasteiger charge is -2.00. The van der Waals surface area contributed by atoms with E-state index in [-0.39, 0.29) is 0 Å². The molecule has 1 aromatic carbocycles. The number of methoxy groups -OCH3 is 1. The molecule has 2 rings (SSSR count). The van der Waals surface area contributed by atoms with Crippen LogP contribution < -0.4 is 10.5 Å². The Kier molecular flexibility index (Phi) is 4.15. The summed E-state index contributed by atoms with van der Waals surface area (Å²) in [5, 5.41) is 1.00. The fourth-order valence-electron chi connectivity index (χ4n) is 1.48. The molecule has 0 amide bonds. The second-order valence-electron chi connectivity index (χ2n) is 3.51. The minimum atomic E-state index is 0.615. The average Bonchev–Trinajstić information content (AvgIpc) is 2.72. The van der Waals surface area contributed by atoms with Gasteiger partial charge in [-0.15, -0.1) is 11.3 Å². The zero-order valence-corrected chi connectivity index (χ0v) is 11.8. The highest BCUT2D eigenvalue weighted by atomic mass is 79.9. The second-order valence-corrected chi connectivity index (χ2v) is 5.82. The highest BCUT2D eigenvalue weighted by molar-refractivity contribution is 9.11. The van der Waals surface area contributed by atoms with E-state index in [1.54, 1.807) is 18.4 Å². The molecular formula is C12H13BrN2OS. The number of aromatic nitrogens is 1. The molecule has 0 fully saturated rings. The summed E-state index contributed by atoms with van der Waals surface area (Å²) in [5.41, 5.74) is 7.67. The summed E-state index contributed by atoms with van der Waals surface area (Å²) >= 11 is 5.15. The van der Waals surface area contributed by atoms with Crippen molar-refractivity contribution < 1.29 is 4.74 Å². The van der Waals surface area contributed by atoms with Gasteiger partial charge in [0, 0.05) is 12.0 Å². The summed E-state index contributed by atoms with van der Waals surface area (Å²) in [6.45, 7) is 0.615. The number of hydrogen-bond donors (Lipinski definition) is 1. The van der Waals surface area contributed by atoms with Crippen molar-refractivity contribution in [1.29, 1.82) is 0 Å². The van der Waals surface area contributed by atoms with Crippen LogP contribution in [0.2, 0.25) is 0 Å². The van der Waals surface area contributed by atoms with Crippen molar-refractivity contribution in [1.82, 2.24) is 4.98 Å². The molecule has 90 valence electrons. The minimum Gasteiger partial charge on any atom is -0.497 e. The molecule has 2 N–H and O–H groups in total. The van der Waals surface area contributed by atoms with Crippen LogP contribution in [0, 0.1) is 0 Å². The van der Waals surface area contributed by atoms with Crippen LogP contribution in [0.3, 0.4) is 0 Å². The molecule has 0 saturated carbocycles. The highest BCUT2D eigenvalue weighted by Gasteiger charge is 2.09. The van der Waals surface area contributed by atoms with E-state index in [1.807, 2.05) is 24.3 Å². The number of halogens is 1. The third kappa shape index (κ3) is 2.86. The molecule has 0 unspecified atom stereocenters. The summed E-state index contributed by atoms with van der Waals surface area (Å²) in [4.78, 5) is 4.58. The van der Waals surface area contributed by atoms with Crippen LogP contribution in [0.1, 0.15) is 5.69 Å². The first-order valence-electron chi connectivity index (χ1n) is 5.24. The van der Waals surface area contributed by atoms with Gasteiger partial charge >= 0.3 is 0 Å². The Morgan fingerprint density at radius 1 is 1.35 bits per heavy atom.